The number of amides is 1. The Morgan fingerprint density at radius 1 is 1.11 bits per heavy atom. The quantitative estimate of drug-likeness (QED) is 0.506. The van der Waals surface area contributed by atoms with Gasteiger partial charge in [0.25, 0.3) is 5.91 Å². The van der Waals surface area contributed by atoms with Crippen molar-refractivity contribution in [3.05, 3.63) is 52.7 Å². The second kappa shape index (κ2) is 6.60. The number of hydrogen-bond acceptors (Lipinski definition) is 5. The molecule has 0 aliphatic rings. The van der Waals surface area contributed by atoms with E-state index in [1.54, 1.807) is 0 Å². The Labute approximate surface area is 167 Å². The van der Waals surface area contributed by atoms with Crippen molar-refractivity contribution in [2.75, 3.05) is 5.32 Å². The Morgan fingerprint density at radius 2 is 1.86 bits per heavy atom. The molecule has 1 aromatic carbocycles. The van der Waals surface area contributed by atoms with Gasteiger partial charge in [-0.1, -0.05) is 12.1 Å². The number of furan rings is 1. The number of thiazole rings is 1. The van der Waals surface area contributed by atoms with E-state index in [2.05, 4.69) is 36.1 Å². The van der Waals surface area contributed by atoms with Crippen LogP contribution in [0.4, 0.5) is 5.95 Å². The number of para-hydroxylation sites is 2. The minimum atomic E-state index is -0.238. The molecule has 3 aromatic heterocycles. The summed E-state index contributed by atoms with van der Waals surface area (Å²) in [5.41, 5.74) is 2.27. The highest BCUT2D eigenvalue weighted by Crippen LogP contribution is 2.31. The van der Waals surface area contributed by atoms with Crippen LogP contribution in [-0.2, 0) is 5.54 Å². The summed E-state index contributed by atoms with van der Waals surface area (Å²) in [5, 5.41) is 3.68. The Hall–Kier alpha value is -2.93. The van der Waals surface area contributed by atoms with E-state index in [1.165, 1.54) is 11.3 Å². The summed E-state index contributed by atoms with van der Waals surface area (Å²) in [5.74, 6) is 1.80. The number of hydrogen-bond donors (Lipinski definition) is 1. The van der Waals surface area contributed by atoms with Gasteiger partial charge in [-0.25, -0.2) is 9.97 Å². The van der Waals surface area contributed by atoms with Crippen LogP contribution in [0, 0.1) is 13.8 Å². The first-order valence-corrected chi connectivity index (χ1v) is 9.89. The number of benzene rings is 1. The number of carbonyl (C=O) groups excluding carboxylic acids is 1. The largest absolute Gasteiger partial charge is 0.459 e. The van der Waals surface area contributed by atoms with Gasteiger partial charge >= 0.3 is 0 Å². The zero-order valence-electron chi connectivity index (χ0n) is 16.5. The highest BCUT2D eigenvalue weighted by atomic mass is 32.1. The zero-order chi connectivity index (χ0) is 20.1. The highest BCUT2D eigenvalue weighted by molar-refractivity contribution is 7.17. The molecule has 0 unspecified atom stereocenters. The molecule has 1 N–H and O–H groups in total. The maximum absolute atomic E-state index is 13.0. The van der Waals surface area contributed by atoms with E-state index in [9.17, 15) is 4.79 Å². The Bertz CT molecular complexity index is 1180. The number of rotatable bonds is 3. The molecular weight excluding hydrogens is 372 g/mol. The summed E-state index contributed by atoms with van der Waals surface area (Å²) in [6, 6.07) is 11.6. The van der Waals surface area contributed by atoms with Crippen LogP contribution in [0.5, 0.6) is 0 Å². The summed E-state index contributed by atoms with van der Waals surface area (Å²) in [4.78, 5) is 22.7. The van der Waals surface area contributed by atoms with Gasteiger partial charge in [-0.3, -0.25) is 10.1 Å². The van der Waals surface area contributed by atoms with Crippen molar-refractivity contribution in [2.24, 2.45) is 0 Å². The van der Waals surface area contributed by atoms with Gasteiger partial charge in [-0.05, 0) is 58.9 Å². The Morgan fingerprint density at radius 3 is 2.54 bits per heavy atom. The van der Waals surface area contributed by atoms with Crippen LogP contribution in [-0.4, -0.2) is 20.4 Å². The average molecular weight is 395 g/mol. The standard InChI is InChI=1S/C21H22N4O2S/c1-12-10-11-16(27-12)19-22-13(2)17(28-19)18(26)24-20-23-14-8-6-7-9-15(14)25(20)21(3,4)5/h6-11H,1-5H3,(H,23,24,26). The van der Waals surface area contributed by atoms with E-state index in [4.69, 9.17) is 4.42 Å². The van der Waals surface area contributed by atoms with E-state index < -0.39 is 0 Å². The van der Waals surface area contributed by atoms with Crippen LogP contribution in [0.15, 0.2) is 40.8 Å². The van der Waals surface area contributed by atoms with Crippen molar-refractivity contribution >= 4 is 34.2 Å². The third-order valence-corrected chi connectivity index (χ3v) is 5.58. The third kappa shape index (κ3) is 3.22. The lowest BCUT2D eigenvalue weighted by Crippen LogP contribution is -2.25. The van der Waals surface area contributed by atoms with Gasteiger partial charge in [-0.15, -0.1) is 11.3 Å². The second-order valence-electron chi connectivity index (χ2n) is 7.73. The first-order valence-electron chi connectivity index (χ1n) is 9.07. The number of fused-ring (bicyclic) bond motifs is 1. The Kier molecular flexibility index (Phi) is 4.34. The number of nitrogens with zero attached hydrogens (tertiary/aromatic N) is 3. The molecule has 144 valence electrons. The van der Waals surface area contributed by atoms with Crippen LogP contribution in [0.1, 0.15) is 41.9 Å². The molecule has 1 amide bonds. The molecule has 0 bridgehead atoms. The van der Waals surface area contributed by atoms with Gasteiger partial charge in [0.15, 0.2) is 10.8 Å². The van der Waals surface area contributed by atoms with E-state index in [0.29, 0.717) is 27.3 Å². The van der Waals surface area contributed by atoms with Crippen LogP contribution >= 0.6 is 11.3 Å². The van der Waals surface area contributed by atoms with Crippen molar-refractivity contribution < 1.29 is 9.21 Å². The van der Waals surface area contributed by atoms with Gasteiger partial charge < -0.3 is 8.98 Å². The molecule has 4 aromatic rings. The predicted octanol–water partition coefficient (Wildman–Crippen LogP) is 5.38. The topological polar surface area (TPSA) is 73.0 Å². The number of aryl methyl sites for hydroxylation is 2. The lowest BCUT2D eigenvalue weighted by Gasteiger charge is -2.24. The van der Waals surface area contributed by atoms with Gasteiger partial charge in [0.2, 0.25) is 5.95 Å². The van der Waals surface area contributed by atoms with E-state index in [0.717, 1.165) is 16.8 Å². The molecule has 28 heavy (non-hydrogen) atoms. The van der Waals surface area contributed by atoms with Crippen LogP contribution in [0.25, 0.3) is 21.8 Å². The summed E-state index contributed by atoms with van der Waals surface area (Å²) < 4.78 is 7.69. The molecule has 0 atom stereocenters. The van der Waals surface area contributed by atoms with Gasteiger partial charge in [0.1, 0.15) is 10.6 Å². The van der Waals surface area contributed by atoms with E-state index in [-0.39, 0.29) is 11.4 Å². The van der Waals surface area contributed by atoms with Crippen LogP contribution < -0.4 is 5.32 Å². The third-order valence-electron chi connectivity index (χ3n) is 4.41. The van der Waals surface area contributed by atoms with Crippen molar-refractivity contribution in [3.63, 3.8) is 0 Å². The highest BCUT2D eigenvalue weighted by Gasteiger charge is 2.24. The predicted molar refractivity (Wildman–Crippen MR) is 112 cm³/mol. The van der Waals surface area contributed by atoms with Crippen molar-refractivity contribution in [1.29, 1.82) is 0 Å². The molecule has 4 rings (SSSR count). The molecule has 7 heteroatoms. The number of imidazole rings is 1. The van der Waals surface area contributed by atoms with Crippen molar-refractivity contribution in [2.45, 2.75) is 40.2 Å². The fraction of sp³-hybridized carbons (Fsp3) is 0.286. The fourth-order valence-corrected chi connectivity index (χ4v) is 4.13. The lowest BCUT2D eigenvalue weighted by molar-refractivity contribution is 0.102. The smallest absolute Gasteiger partial charge is 0.269 e. The molecule has 6 nitrogen and oxygen atoms in total. The molecule has 0 aliphatic carbocycles. The number of carbonyl (C=O) groups is 1. The first kappa shape index (κ1) is 18.4. The number of aromatic nitrogens is 3. The minimum Gasteiger partial charge on any atom is -0.459 e. The van der Waals surface area contributed by atoms with E-state index >= 15 is 0 Å². The molecule has 3 heterocycles. The zero-order valence-corrected chi connectivity index (χ0v) is 17.3. The molecule has 0 saturated carbocycles. The monoisotopic (exact) mass is 394 g/mol. The van der Waals surface area contributed by atoms with Crippen molar-refractivity contribution in [1.82, 2.24) is 14.5 Å². The molecular formula is C21H22N4O2S. The fourth-order valence-electron chi connectivity index (χ4n) is 3.21. The van der Waals surface area contributed by atoms with Crippen LogP contribution in [0.3, 0.4) is 0 Å². The maximum atomic E-state index is 13.0. The summed E-state index contributed by atoms with van der Waals surface area (Å²) >= 11 is 1.32. The van der Waals surface area contributed by atoms with Crippen molar-refractivity contribution in [3.8, 4) is 10.8 Å². The minimum absolute atomic E-state index is 0.217. The molecule has 0 aliphatic heterocycles. The molecule has 0 saturated heterocycles. The normalized spacial score (nSPS) is 11.9. The molecule has 0 fully saturated rings. The SMILES string of the molecule is Cc1ccc(-c2nc(C)c(C(=O)Nc3nc4ccccc4n3C(C)(C)C)s2)o1. The number of anilines is 1. The van der Waals surface area contributed by atoms with Gasteiger partial charge in [-0.2, -0.15) is 0 Å². The first-order chi connectivity index (χ1) is 13.2. The van der Waals surface area contributed by atoms with Crippen LogP contribution in [0.2, 0.25) is 0 Å². The molecule has 0 radical (unpaired) electrons. The van der Waals surface area contributed by atoms with E-state index in [1.807, 2.05) is 54.8 Å². The van der Waals surface area contributed by atoms with Gasteiger partial charge in [0.05, 0.1) is 16.7 Å². The summed E-state index contributed by atoms with van der Waals surface area (Å²) in [7, 11) is 0. The summed E-state index contributed by atoms with van der Waals surface area (Å²) in [6.07, 6.45) is 0. The average Bonchev–Trinajstić information content (AvgIpc) is 3.30. The Balaban J connectivity index is 1.71. The summed E-state index contributed by atoms with van der Waals surface area (Å²) in [6.45, 7) is 9.98. The van der Waals surface area contributed by atoms with Gasteiger partial charge in [0, 0.05) is 5.54 Å². The maximum Gasteiger partial charge on any atom is 0.269 e. The lowest BCUT2D eigenvalue weighted by atomic mass is 10.1. The second-order valence-corrected chi connectivity index (χ2v) is 8.73. The number of nitrogens with one attached hydrogen (secondary N) is 1. The molecule has 0 spiro atoms.